The largest absolute Gasteiger partial charge is 0.455 e. The van der Waals surface area contributed by atoms with Gasteiger partial charge in [-0.15, -0.1) is 0 Å². The Hall–Kier alpha value is -0.550. The molecule has 0 aliphatic rings. The summed E-state index contributed by atoms with van der Waals surface area (Å²) in [5.74, 6) is 1.37. The molecule has 5 heteroatoms. The van der Waals surface area contributed by atoms with Crippen LogP contribution < -0.4 is 10.1 Å². The molecule has 21 heavy (non-hydrogen) atoms. The van der Waals surface area contributed by atoms with Gasteiger partial charge >= 0.3 is 0 Å². The Bertz CT molecular complexity index is 634. The topological polar surface area (TPSA) is 21.3 Å². The first-order valence-corrected chi connectivity index (χ1v) is 8.63. The van der Waals surface area contributed by atoms with E-state index < -0.39 is 0 Å². The van der Waals surface area contributed by atoms with Gasteiger partial charge in [-0.1, -0.05) is 40.5 Å². The molecule has 2 aromatic carbocycles. The van der Waals surface area contributed by atoms with Gasteiger partial charge in [-0.3, -0.25) is 0 Å². The third-order valence-electron chi connectivity index (χ3n) is 3.08. The lowest BCUT2D eigenvalue weighted by molar-refractivity contribution is 0.479. The van der Waals surface area contributed by atoms with E-state index in [0.29, 0.717) is 10.8 Å². The standard InChI is InChI=1S/C16H16Br2ClNO/c1-3-20-10(2)11-4-6-16(14(19)8-11)21-15-7-5-12(17)9-13(15)18/h4-10,20H,3H2,1-2H3. The van der Waals surface area contributed by atoms with Gasteiger partial charge in [0.1, 0.15) is 11.5 Å². The van der Waals surface area contributed by atoms with E-state index in [0.717, 1.165) is 26.8 Å². The lowest BCUT2D eigenvalue weighted by Gasteiger charge is -2.15. The number of ether oxygens (including phenoxy) is 1. The number of rotatable bonds is 5. The molecule has 0 saturated carbocycles. The van der Waals surface area contributed by atoms with Gasteiger partial charge < -0.3 is 10.1 Å². The predicted molar refractivity (Wildman–Crippen MR) is 95.5 cm³/mol. The fraction of sp³-hybridized carbons (Fsp3) is 0.250. The Morgan fingerprint density at radius 2 is 1.86 bits per heavy atom. The highest BCUT2D eigenvalue weighted by Crippen LogP contribution is 2.36. The van der Waals surface area contributed by atoms with Gasteiger partial charge in [0.05, 0.1) is 9.50 Å². The van der Waals surface area contributed by atoms with Crippen molar-refractivity contribution in [3.63, 3.8) is 0 Å². The van der Waals surface area contributed by atoms with Crippen LogP contribution in [-0.2, 0) is 0 Å². The second kappa shape index (κ2) is 7.63. The van der Waals surface area contributed by atoms with Crippen molar-refractivity contribution < 1.29 is 4.74 Å². The Morgan fingerprint density at radius 3 is 2.48 bits per heavy atom. The minimum Gasteiger partial charge on any atom is -0.455 e. The summed E-state index contributed by atoms with van der Waals surface area (Å²) in [5, 5.41) is 3.97. The van der Waals surface area contributed by atoms with Crippen LogP contribution in [0.4, 0.5) is 0 Å². The average Bonchev–Trinajstić information content (AvgIpc) is 2.44. The Kier molecular flexibility index (Phi) is 6.11. The molecule has 0 aliphatic carbocycles. The molecular formula is C16H16Br2ClNO. The van der Waals surface area contributed by atoms with Crippen molar-refractivity contribution in [2.24, 2.45) is 0 Å². The summed E-state index contributed by atoms with van der Waals surface area (Å²) in [6.45, 7) is 5.12. The molecule has 0 bridgehead atoms. The maximum absolute atomic E-state index is 6.33. The van der Waals surface area contributed by atoms with Gasteiger partial charge in [0, 0.05) is 10.5 Å². The predicted octanol–water partition coefficient (Wildman–Crippen LogP) is 6.33. The van der Waals surface area contributed by atoms with E-state index in [2.05, 4.69) is 51.0 Å². The molecule has 0 radical (unpaired) electrons. The zero-order valence-corrected chi connectivity index (χ0v) is 15.7. The molecule has 2 rings (SSSR count). The normalized spacial score (nSPS) is 12.2. The van der Waals surface area contributed by atoms with Gasteiger partial charge in [0.15, 0.2) is 0 Å². The molecule has 1 atom stereocenters. The Morgan fingerprint density at radius 1 is 1.14 bits per heavy atom. The first kappa shape index (κ1) is 16.8. The van der Waals surface area contributed by atoms with Crippen LogP contribution >= 0.6 is 43.5 Å². The minimum atomic E-state index is 0.265. The summed E-state index contributed by atoms with van der Waals surface area (Å²) in [5.41, 5.74) is 1.14. The van der Waals surface area contributed by atoms with Crippen LogP contribution in [0.25, 0.3) is 0 Å². The van der Waals surface area contributed by atoms with Gasteiger partial charge in [-0.2, -0.15) is 0 Å². The smallest absolute Gasteiger partial charge is 0.146 e. The summed E-state index contributed by atoms with van der Waals surface area (Å²) in [7, 11) is 0. The summed E-state index contributed by atoms with van der Waals surface area (Å²) in [6.07, 6.45) is 0. The number of benzene rings is 2. The first-order valence-electron chi connectivity index (χ1n) is 6.67. The molecule has 1 N–H and O–H groups in total. The van der Waals surface area contributed by atoms with Gasteiger partial charge in [0.25, 0.3) is 0 Å². The van der Waals surface area contributed by atoms with E-state index in [-0.39, 0.29) is 6.04 Å². The van der Waals surface area contributed by atoms with Crippen molar-refractivity contribution in [3.05, 3.63) is 55.9 Å². The van der Waals surface area contributed by atoms with E-state index in [1.807, 2.05) is 36.4 Å². The quantitative estimate of drug-likeness (QED) is 0.595. The van der Waals surface area contributed by atoms with Crippen molar-refractivity contribution in [1.82, 2.24) is 5.32 Å². The van der Waals surface area contributed by atoms with Crippen LogP contribution in [0.15, 0.2) is 45.3 Å². The van der Waals surface area contributed by atoms with Gasteiger partial charge in [0.2, 0.25) is 0 Å². The summed E-state index contributed by atoms with van der Waals surface area (Å²) in [4.78, 5) is 0. The average molecular weight is 434 g/mol. The first-order chi connectivity index (χ1) is 10.0. The molecule has 0 heterocycles. The highest BCUT2D eigenvalue weighted by atomic mass is 79.9. The molecule has 0 aromatic heterocycles. The summed E-state index contributed by atoms with van der Waals surface area (Å²) >= 11 is 13.2. The van der Waals surface area contributed by atoms with E-state index in [9.17, 15) is 0 Å². The van der Waals surface area contributed by atoms with Crippen LogP contribution in [0, 0.1) is 0 Å². The van der Waals surface area contributed by atoms with E-state index >= 15 is 0 Å². The van der Waals surface area contributed by atoms with Gasteiger partial charge in [-0.05, 0) is 65.3 Å². The van der Waals surface area contributed by atoms with E-state index in [1.54, 1.807) is 0 Å². The molecule has 0 spiro atoms. The lowest BCUT2D eigenvalue weighted by atomic mass is 10.1. The maximum atomic E-state index is 6.33. The Labute approximate surface area is 147 Å². The molecule has 0 aliphatic heterocycles. The molecular weight excluding hydrogens is 417 g/mol. The van der Waals surface area contributed by atoms with Crippen molar-refractivity contribution in [1.29, 1.82) is 0 Å². The van der Waals surface area contributed by atoms with Crippen LogP contribution in [0.1, 0.15) is 25.5 Å². The van der Waals surface area contributed by atoms with Crippen molar-refractivity contribution in [2.45, 2.75) is 19.9 Å². The zero-order chi connectivity index (χ0) is 15.4. The van der Waals surface area contributed by atoms with Crippen molar-refractivity contribution in [3.8, 4) is 11.5 Å². The fourth-order valence-electron chi connectivity index (χ4n) is 1.97. The third-order valence-corrected chi connectivity index (χ3v) is 4.49. The van der Waals surface area contributed by atoms with Gasteiger partial charge in [-0.25, -0.2) is 0 Å². The second-order valence-corrected chi connectivity index (χ2v) is 6.82. The van der Waals surface area contributed by atoms with E-state index in [4.69, 9.17) is 16.3 Å². The molecule has 1 unspecified atom stereocenters. The minimum absolute atomic E-state index is 0.265. The molecule has 0 amide bonds. The monoisotopic (exact) mass is 431 g/mol. The lowest BCUT2D eigenvalue weighted by Crippen LogP contribution is -2.17. The van der Waals surface area contributed by atoms with Crippen molar-refractivity contribution in [2.75, 3.05) is 6.54 Å². The van der Waals surface area contributed by atoms with E-state index in [1.165, 1.54) is 0 Å². The summed E-state index contributed by atoms with van der Waals surface area (Å²) in [6, 6.07) is 11.9. The molecule has 2 nitrogen and oxygen atoms in total. The summed E-state index contributed by atoms with van der Waals surface area (Å²) < 4.78 is 7.73. The zero-order valence-electron chi connectivity index (χ0n) is 11.8. The Balaban J connectivity index is 2.21. The number of halogens is 3. The van der Waals surface area contributed by atoms with Crippen LogP contribution in [-0.4, -0.2) is 6.54 Å². The highest BCUT2D eigenvalue weighted by molar-refractivity contribution is 9.11. The fourth-order valence-corrected chi connectivity index (χ4v) is 3.33. The molecule has 0 fully saturated rings. The SMILES string of the molecule is CCNC(C)c1ccc(Oc2ccc(Br)cc2Br)c(Cl)c1. The third kappa shape index (κ3) is 4.46. The molecule has 112 valence electrons. The van der Waals surface area contributed by atoms with Crippen LogP contribution in [0.5, 0.6) is 11.5 Å². The molecule has 2 aromatic rings. The maximum Gasteiger partial charge on any atom is 0.146 e. The van der Waals surface area contributed by atoms with Crippen molar-refractivity contribution >= 4 is 43.5 Å². The number of hydrogen-bond acceptors (Lipinski definition) is 2. The number of nitrogens with one attached hydrogen (secondary N) is 1. The molecule has 0 saturated heterocycles. The second-order valence-electron chi connectivity index (χ2n) is 4.65. The van der Waals surface area contributed by atoms with Crippen LogP contribution in [0.2, 0.25) is 5.02 Å². The highest BCUT2D eigenvalue weighted by Gasteiger charge is 2.10. The van der Waals surface area contributed by atoms with Crippen LogP contribution in [0.3, 0.4) is 0 Å². The number of hydrogen-bond donors (Lipinski definition) is 1.